The van der Waals surface area contributed by atoms with E-state index in [1.807, 2.05) is 20.8 Å². The van der Waals surface area contributed by atoms with Crippen molar-refractivity contribution in [2.45, 2.75) is 33.8 Å². The molecule has 7 heteroatoms. The monoisotopic (exact) mass is 339 g/mol. The lowest BCUT2D eigenvalue weighted by Crippen LogP contribution is -2.29. The summed E-state index contributed by atoms with van der Waals surface area (Å²) in [6.07, 6.45) is 0.754. The lowest BCUT2D eigenvalue weighted by molar-refractivity contribution is -0.124. The molecule has 1 aromatic carbocycles. The van der Waals surface area contributed by atoms with Gasteiger partial charge in [-0.1, -0.05) is 43.7 Å². The van der Waals surface area contributed by atoms with Crippen LogP contribution in [0.25, 0.3) is 0 Å². The van der Waals surface area contributed by atoms with E-state index < -0.39 is 5.41 Å². The van der Waals surface area contributed by atoms with Gasteiger partial charge in [-0.2, -0.15) is 0 Å². The van der Waals surface area contributed by atoms with Gasteiger partial charge in [0.1, 0.15) is 12.4 Å². The Labute approximate surface area is 138 Å². The molecule has 0 saturated heterocycles. The number of hydrogen-bond donors (Lipinski definition) is 1. The normalized spacial score (nSPS) is 11.3. The molecule has 0 radical (unpaired) electrons. The number of nitrogens with one attached hydrogen (secondary N) is 1. The molecule has 1 aromatic heterocycles. The van der Waals surface area contributed by atoms with E-state index in [0.717, 1.165) is 6.42 Å². The fourth-order valence-corrected chi connectivity index (χ4v) is 2.24. The fourth-order valence-electron chi connectivity index (χ4n) is 1.47. The van der Waals surface area contributed by atoms with E-state index in [4.69, 9.17) is 16.3 Å². The number of benzene rings is 1. The lowest BCUT2D eigenvalue weighted by Gasteiger charge is -2.20. The molecule has 0 atom stereocenters. The van der Waals surface area contributed by atoms with E-state index in [0.29, 0.717) is 27.5 Å². The third-order valence-corrected chi connectivity index (χ3v) is 4.43. The Morgan fingerprint density at radius 3 is 2.64 bits per heavy atom. The van der Waals surface area contributed by atoms with E-state index >= 15 is 0 Å². The van der Waals surface area contributed by atoms with Crippen LogP contribution in [0.15, 0.2) is 24.3 Å². The summed E-state index contributed by atoms with van der Waals surface area (Å²) in [6, 6.07) is 7.09. The molecule has 0 saturated carbocycles. The van der Waals surface area contributed by atoms with Gasteiger partial charge in [0.2, 0.25) is 11.0 Å². The summed E-state index contributed by atoms with van der Waals surface area (Å²) < 4.78 is 5.59. The molecule has 5 nitrogen and oxygen atoms in total. The zero-order valence-corrected chi connectivity index (χ0v) is 14.3. The Hall–Kier alpha value is -1.66. The summed E-state index contributed by atoms with van der Waals surface area (Å²) in [5.41, 5.74) is -0.425. The van der Waals surface area contributed by atoms with Gasteiger partial charge in [0.15, 0.2) is 5.01 Å². The molecule has 118 valence electrons. The number of ether oxygens (including phenoxy) is 1. The number of halogens is 1. The first-order valence-corrected chi connectivity index (χ1v) is 8.12. The minimum absolute atomic E-state index is 0.0590. The fraction of sp³-hybridized carbons (Fsp3) is 0.400. The van der Waals surface area contributed by atoms with Gasteiger partial charge in [0.05, 0.1) is 0 Å². The standard InChI is InChI=1S/C15H18ClN3O2S/c1-4-15(2,3)13(20)17-14-19-18-12(22-14)9-21-11-7-5-10(16)6-8-11/h5-8H,4,9H2,1-3H3,(H,17,19,20). The van der Waals surface area contributed by atoms with Crippen molar-refractivity contribution in [3.05, 3.63) is 34.3 Å². The zero-order valence-electron chi connectivity index (χ0n) is 12.7. The maximum absolute atomic E-state index is 12.1. The maximum atomic E-state index is 12.1. The second kappa shape index (κ2) is 7.07. The first-order valence-electron chi connectivity index (χ1n) is 6.93. The van der Waals surface area contributed by atoms with Gasteiger partial charge >= 0.3 is 0 Å². The van der Waals surface area contributed by atoms with Crippen molar-refractivity contribution in [3.8, 4) is 5.75 Å². The Balaban J connectivity index is 1.91. The summed E-state index contributed by atoms with van der Waals surface area (Å²) >= 11 is 7.12. The Morgan fingerprint density at radius 1 is 1.32 bits per heavy atom. The third-order valence-electron chi connectivity index (χ3n) is 3.36. The number of aromatic nitrogens is 2. The highest BCUT2D eigenvalue weighted by Gasteiger charge is 2.26. The average Bonchev–Trinajstić information content (AvgIpc) is 2.94. The molecular weight excluding hydrogens is 322 g/mol. The molecule has 0 fully saturated rings. The van der Waals surface area contributed by atoms with Gasteiger partial charge in [-0.15, -0.1) is 10.2 Å². The molecular formula is C15H18ClN3O2S. The number of nitrogens with zero attached hydrogens (tertiary/aromatic N) is 2. The van der Waals surface area contributed by atoms with Crippen LogP contribution in [0, 0.1) is 5.41 Å². The SMILES string of the molecule is CCC(C)(C)C(=O)Nc1nnc(COc2ccc(Cl)cc2)s1. The number of carbonyl (C=O) groups excluding carboxylic acids is 1. The minimum atomic E-state index is -0.425. The molecule has 0 bridgehead atoms. The van der Waals surface area contributed by atoms with E-state index in [-0.39, 0.29) is 5.91 Å². The van der Waals surface area contributed by atoms with Crippen LogP contribution in [0.1, 0.15) is 32.2 Å². The number of carbonyl (C=O) groups is 1. The van der Waals surface area contributed by atoms with E-state index in [1.165, 1.54) is 11.3 Å². The molecule has 2 rings (SSSR count). The molecule has 0 spiro atoms. The highest BCUT2D eigenvalue weighted by Crippen LogP contribution is 2.24. The van der Waals surface area contributed by atoms with Crippen molar-refractivity contribution < 1.29 is 9.53 Å². The predicted molar refractivity (Wildman–Crippen MR) is 88.4 cm³/mol. The highest BCUT2D eigenvalue weighted by molar-refractivity contribution is 7.15. The summed E-state index contributed by atoms with van der Waals surface area (Å²) in [7, 11) is 0. The number of anilines is 1. The summed E-state index contributed by atoms with van der Waals surface area (Å²) in [5.74, 6) is 0.647. The van der Waals surface area contributed by atoms with Crippen molar-refractivity contribution in [3.63, 3.8) is 0 Å². The summed E-state index contributed by atoms with van der Waals surface area (Å²) in [6.45, 7) is 6.07. The lowest BCUT2D eigenvalue weighted by atomic mass is 9.89. The number of hydrogen-bond acceptors (Lipinski definition) is 5. The molecule has 22 heavy (non-hydrogen) atoms. The molecule has 1 heterocycles. The number of amides is 1. The molecule has 1 amide bonds. The van der Waals surface area contributed by atoms with Crippen molar-refractivity contribution in [2.75, 3.05) is 5.32 Å². The molecule has 2 aromatic rings. The van der Waals surface area contributed by atoms with Crippen LogP contribution in [0.2, 0.25) is 5.02 Å². The van der Waals surface area contributed by atoms with Gasteiger partial charge in [-0.3, -0.25) is 4.79 Å². The van der Waals surface area contributed by atoms with Crippen molar-refractivity contribution in [2.24, 2.45) is 5.41 Å². The van der Waals surface area contributed by atoms with Crippen LogP contribution >= 0.6 is 22.9 Å². The largest absolute Gasteiger partial charge is 0.486 e. The second-order valence-electron chi connectivity index (χ2n) is 5.44. The smallest absolute Gasteiger partial charge is 0.231 e. The predicted octanol–water partition coefficient (Wildman–Crippen LogP) is 4.15. The molecule has 0 aliphatic rings. The first kappa shape index (κ1) is 16.7. The van der Waals surface area contributed by atoms with Crippen LogP contribution in [0.4, 0.5) is 5.13 Å². The molecule has 0 aliphatic heterocycles. The van der Waals surface area contributed by atoms with E-state index in [9.17, 15) is 4.79 Å². The third kappa shape index (κ3) is 4.42. The van der Waals surface area contributed by atoms with Crippen molar-refractivity contribution in [1.82, 2.24) is 10.2 Å². The van der Waals surface area contributed by atoms with Gasteiger partial charge in [-0.05, 0) is 30.7 Å². The Kier molecular flexibility index (Phi) is 5.37. The van der Waals surface area contributed by atoms with Crippen LogP contribution in [-0.2, 0) is 11.4 Å². The summed E-state index contributed by atoms with van der Waals surface area (Å²) in [5, 5.41) is 12.6. The number of rotatable bonds is 6. The topological polar surface area (TPSA) is 64.1 Å². The summed E-state index contributed by atoms with van der Waals surface area (Å²) in [4.78, 5) is 12.1. The van der Waals surface area contributed by atoms with Crippen LogP contribution in [0.3, 0.4) is 0 Å². The maximum Gasteiger partial charge on any atom is 0.231 e. The molecule has 0 unspecified atom stereocenters. The van der Waals surface area contributed by atoms with E-state index in [2.05, 4.69) is 15.5 Å². The quantitative estimate of drug-likeness (QED) is 0.858. The van der Waals surface area contributed by atoms with Gasteiger partial charge in [0.25, 0.3) is 0 Å². The first-order chi connectivity index (χ1) is 10.4. The second-order valence-corrected chi connectivity index (χ2v) is 6.93. The van der Waals surface area contributed by atoms with Gasteiger partial charge < -0.3 is 10.1 Å². The molecule has 1 N–H and O–H groups in total. The van der Waals surface area contributed by atoms with Crippen LogP contribution < -0.4 is 10.1 Å². The van der Waals surface area contributed by atoms with Crippen molar-refractivity contribution in [1.29, 1.82) is 0 Å². The van der Waals surface area contributed by atoms with Gasteiger partial charge in [0, 0.05) is 10.4 Å². The highest BCUT2D eigenvalue weighted by atomic mass is 35.5. The minimum Gasteiger partial charge on any atom is -0.486 e. The van der Waals surface area contributed by atoms with E-state index in [1.54, 1.807) is 24.3 Å². The zero-order chi connectivity index (χ0) is 16.2. The average molecular weight is 340 g/mol. The Morgan fingerprint density at radius 2 is 2.00 bits per heavy atom. The van der Waals surface area contributed by atoms with Crippen molar-refractivity contribution >= 4 is 34.0 Å². The van der Waals surface area contributed by atoms with Crippen LogP contribution in [-0.4, -0.2) is 16.1 Å². The van der Waals surface area contributed by atoms with Crippen LogP contribution in [0.5, 0.6) is 5.75 Å². The van der Waals surface area contributed by atoms with Gasteiger partial charge in [-0.25, -0.2) is 0 Å². The Bertz CT molecular complexity index is 640. The molecule has 0 aliphatic carbocycles.